The predicted molar refractivity (Wildman–Crippen MR) is 160 cm³/mol. The Labute approximate surface area is 271 Å². The Kier molecular flexibility index (Phi) is 22.7. The molecule has 0 fully saturated rings. The third-order valence-corrected chi connectivity index (χ3v) is 6.93. The predicted octanol–water partition coefficient (Wildman–Crippen LogP) is 0.600. The zero-order valence-corrected chi connectivity index (χ0v) is 26.5. The number of ether oxygens (including phenoxy) is 2. The van der Waals surface area contributed by atoms with Crippen molar-refractivity contribution < 1.29 is 73.1 Å². The van der Waals surface area contributed by atoms with Gasteiger partial charge in [0.2, 0.25) is 17.6 Å². The van der Waals surface area contributed by atoms with E-state index in [-0.39, 0.29) is 96.5 Å². The molecule has 2 amide bonds. The number of hydrogen-bond donors (Lipinski definition) is 6. The first-order valence-electron chi connectivity index (χ1n) is 15.4. The fourth-order valence-electron chi connectivity index (χ4n) is 4.20. The van der Waals surface area contributed by atoms with Crippen molar-refractivity contribution in [3.8, 4) is 0 Å². The number of carboxylic acid groups (broad SMARTS) is 4. The Balaban J connectivity index is 4.11. The van der Waals surface area contributed by atoms with E-state index in [1.54, 1.807) is 6.92 Å². The third-order valence-electron chi connectivity index (χ3n) is 6.93. The lowest BCUT2D eigenvalue weighted by molar-refractivity contribution is -0.149. The molecule has 17 heteroatoms. The van der Waals surface area contributed by atoms with Gasteiger partial charge in [-0.3, -0.25) is 33.6 Å². The van der Waals surface area contributed by atoms with Gasteiger partial charge in [-0.2, -0.15) is 0 Å². The van der Waals surface area contributed by atoms with E-state index in [4.69, 9.17) is 19.7 Å². The molecule has 0 aliphatic carbocycles. The molecule has 3 unspecified atom stereocenters. The van der Waals surface area contributed by atoms with Crippen molar-refractivity contribution in [3.05, 3.63) is 0 Å². The van der Waals surface area contributed by atoms with Gasteiger partial charge in [0.05, 0.1) is 31.7 Å². The van der Waals surface area contributed by atoms with E-state index in [9.17, 15) is 53.4 Å². The van der Waals surface area contributed by atoms with Gasteiger partial charge in [0.1, 0.15) is 18.4 Å². The molecule has 0 aromatic heterocycles. The maximum atomic E-state index is 12.1. The molecule has 6 N–H and O–H groups in total. The molecule has 0 bridgehead atoms. The molecule has 0 aliphatic heterocycles. The average Bonchev–Trinajstić information content (AvgIpc) is 3.00. The summed E-state index contributed by atoms with van der Waals surface area (Å²) in [6, 6.07) is -1.08. The molecule has 0 heterocycles. The van der Waals surface area contributed by atoms with Crippen molar-refractivity contribution in [2.45, 2.75) is 90.0 Å². The Hall–Kier alpha value is -4.25. The maximum Gasteiger partial charge on any atom is 0.372 e. The van der Waals surface area contributed by atoms with E-state index in [0.29, 0.717) is 19.3 Å². The van der Waals surface area contributed by atoms with Crippen molar-refractivity contribution in [2.75, 3.05) is 33.0 Å². The molecule has 17 nitrogen and oxygen atoms in total. The van der Waals surface area contributed by atoms with Gasteiger partial charge in [-0.15, -0.1) is 0 Å². The number of aliphatic carboxylic acids is 4. The van der Waals surface area contributed by atoms with E-state index in [1.165, 1.54) is 0 Å². The van der Waals surface area contributed by atoms with Crippen molar-refractivity contribution in [3.63, 3.8) is 0 Å². The van der Waals surface area contributed by atoms with Crippen LogP contribution in [0, 0.1) is 11.8 Å². The van der Waals surface area contributed by atoms with E-state index >= 15 is 0 Å². The number of carbonyl (C=O) groups excluding carboxylic acids is 5. The molecule has 266 valence electrons. The lowest BCUT2D eigenvalue weighted by Crippen LogP contribution is -2.40. The van der Waals surface area contributed by atoms with E-state index < -0.39 is 65.1 Å². The standard InChI is InChI=1S/C30H46N2O15/c1-2-23(29(42)43)32-26(37)11-9-20(28(40)41)17-22(34)18-47-15-14-46-13-12-31-25(36)10-8-19(27(38)39)16-21(33)6-4-3-5-7-24(35)30(44)45/h19-20,23H,2-18H2,1H3,(H,31,36)(H,32,37)(H,38,39)(H,40,41)(H,42,43)(H,44,45). The SMILES string of the molecule is CCC(NC(=O)CCC(CC(=O)COCCOCCNC(=O)CCC(CC(=O)CCCCCC(=O)C(=O)O)C(=O)O)C(=O)O)C(=O)O. The molecular formula is C30H46N2O15. The molecule has 0 aromatic carbocycles. The fourth-order valence-corrected chi connectivity index (χ4v) is 4.20. The number of amides is 2. The van der Waals surface area contributed by atoms with Gasteiger partial charge in [0, 0.05) is 45.1 Å². The molecule has 0 aromatic rings. The number of hydrogen-bond acceptors (Lipinski definition) is 11. The van der Waals surface area contributed by atoms with Crippen molar-refractivity contribution in [1.29, 1.82) is 0 Å². The van der Waals surface area contributed by atoms with Crippen LogP contribution in [0.15, 0.2) is 0 Å². The second-order valence-corrected chi connectivity index (χ2v) is 10.8. The van der Waals surface area contributed by atoms with Gasteiger partial charge in [-0.1, -0.05) is 13.3 Å². The topological polar surface area (TPSA) is 277 Å². The van der Waals surface area contributed by atoms with Gasteiger partial charge in [-0.25, -0.2) is 9.59 Å². The Bertz CT molecular complexity index is 1090. The molecule has 47 heavy (non-hydrogen) atoms. The van der Waals surface area contributed by atoms with Crippen LogP contribution in [0.2, 0.25) is 0 Å². The number of nitrogens with one attached hydrogen (secondary N) is 2. The summed E-state index contributed by atoms with van der Waals surface area (Å²) in [5.41, 5.74) is 0. The molecule has 0 saturated carbocycles. The number of carbonyl (C=O) groups is 9. The highest BCUT2D eigenvalue weighted by Gasteiger charge is 2.24. The Morgan fingerprint density at radius 1 is 0.617 bits per heavy atom. The second kappa shape index (κ2) is 24.9. The van der Waals surface area contributed by atoms with Gasteiger partial charge >= 0.3 is 23.9 Å². The van der Waals surface area contributed by atoms with Crippen LogP contribution in [-0.4, -0.2) is 112 Å². The number of unbranched alkanes of at least 4 members (excludes halogenated alkanes) is 2. The minimum Gasteiger partial charge on any atom is -0.481 e. The zero-order chi connectivity index (χ0) is 35.8. The summed E-state index contributed by atoms with van der Waals surface area (Å²) in [6.45, 7) is 1.46. The molecule has 0 rings (SSSR count). The summed E-state index contributed by atoms with van der Waals surface area (Å²) in [5, 5.41) is 41.1. The maximum absolute atomic E-state index is 12.1. The molecule has 3 atom stereocenters. The first kappa shape index (κ1) is 42.8. The summed E-state index contributed by atoms with van der Waals surface area (Å²) < 4.78 is 10.5. The molecule has 0 radical (unpaired) electrons. The minimum absolute atomic E-state index is 0.00219. The monoisotopic (exact) mass is 674 g/mol. The van der Waals surface area contributed by atoms with Gasteiger partial charge in [-0.05, 0) is 32.1 Å². The van der Waals surface area contributed by atoms with Crippen LogP contribution >= 0.6 is 0 Å². The van der Waals surface area contributed by atoms with E-state index in [2.05, 4.69) is 10.6 Å². The van der Waals surface area contributed by atoms with Crippen molar-refractivity contribution >= 4 is 53.0 Å². The highest BCUT2D eigenvalue weighted by molar-refractivity contribution is 6.32. The Morgan fingerprint density at radius 2 is 1.17 bits per heavy atom. The Morgan fingerprint density at radius 3 is 1.72 bits per heavy atom. The van der Waals surface area contributed by atoms with Crippen LogP contribution < -0.4 is 10.6 Å². The van der Waals surface area contributed by atoms with Crippen molar-refractivity contribution in [1.82, 2.24) is 10.6 Å². The zero-order valence-electron chi connectivity index (χ0n) is 26.5. The van der Waals surface area contributed by atoms with Crippen LogP contribution in [0.3, 0.4) is 0 Å². The third kappa shape index (κ3) is 22.0. The average molecular weight is 675 g/mol. The van der Waals surface area contributed by atoms with Crippen LogP contribution in [0.1, 0.15) is 84.0 Å². The summed E-state index contributed by atoms with van der Waals surface area (Å²) in [7, 11) is 0. The lowest BCUT2D eigenvalue weighted by atomic mass is 9.94. The van der Waals surface area contributed by atoms with Crippen LogP contribution in [0.25, 0.3) is 0 Å². The number of rotatable bonds is 30. The molecule has 0 saturated heterocycles. The van der Waals surface area contributed by atoms with Crippen LogP contribution in [0.4, 0.5) is 0 Å². The molecular weight excluding hydrogens is 628 g/mol. The first-order valence-corrected chi connectivity index (χ1v) is 15.4. The summed E-state index contributed by atoms with van der Waals surface area (Å²) in [4.78, 5) is 104. The van der Waals surface area contributed by atoms with E-state index in [0.717, 1.165) is 0 Å². The summed E-state index contributed by atoms with van der Waals surface area (Å²) in [5.74, 6) is -10.1. The highest BCUT2D eigenvalue weighted by atomic mass is 16.5. The van der Waals surface area contributed by atoms with Crippen LogP contribution in [-0.2, 0) is 52.6 Å². The van der Waals surface area contributed by atoms with Gasteiger partial charge in [0.15, 0.2) is 5.78 Å². The van der Waals surface area contributed by atoms with Crippen LogP contribution in [0.5, 0.6) is 0 Å². The van der Waals surface area contributed by atoms with E-state index in [1.807, 2.05) is 0 Å². The second-order valence-electron chi connectivity index (χ2n) is 10.8. The number of ketones is 3. The normalized spacial score (nSPS) is 12.7. The smallest absolute Gasteiger partial charge is 0.372 e. The largest absolute Gasteiger partial charge is 0.481 e. The quantitative estimate of drug-likeness (QED) is 0.0449. The molecule has 0 aliphatic rings. The molecule has 0 spiro atoms. The van der Waals surface area contributed by atoms with Crippen molar-refractivity contribution in [2.24, 2.45) is 11.8 Å². The summed E-state index contributed by atoms with van der Waals surface area (Å²) >= 11 is 0. The van der Waals surface area contributed by atoms with Gasteiger partial charge in [0.25, 0.3) is 0 Å². The first-order chi connectivity index (χ1) is 22.2. The highest BCUT2D eigenvalue weighted by Crippen LogP contribution is 2.16. The fraction of sp³-hybridized carbons (Fsp3) is 0.700. The number of carboxylic acids is 4. The van der Waals surface area contributed by atoms with Gasteiger partial charge < -0.3 is 40.5 Å². The summed E-state index contributed by atoms with van der Waals surface area (Å²) in [6.07, 6.45) is 0.0673. The number of Topliss-reactive ketones (excluding diaryl/α,β-unsaturated/α-hetero) is 3. The minimum atomic E-state index is -1.50. The lowest BCUT2D eigenvalue weighted by Gasteiger charge is -2.14.